The number of hydrogen-bond donors (Lipinski definition) is 1. The number of ether oxygens (including phenoxy) is 1. The van der Waals surface area contributed by atoms with Gasteiger partial charge in [-0.05, 0) is 38.0 Å². The Morgan fingerprint density at radius 2 is 1.91 bits per heavy atom. The number of hydrogen-bond acceptors (Lipinski definition) is 3. The molecule has 1 aliphatic heterocycles. The number of fused-ring (bicyclic) bond motifs is 1. The fourth-order valence-electron chi connectivity index (χ4n) is 3.35. The van der Waals surface area contributed by atoms with Crippen LogP contribution in [0.4, 0.5) is 5.69 Å². The van der Waals surface area contributed by atoms with Crippen LogP contribution in [0.5, 0.6) is 5.75 Å². The minimum Gasteiger partial charge on any atom is -0.479 e. The number of carbonyl (C=O) groups is 2. The average molecular weight is 316 g/mol. The van der Waals surface area contributed by atoms with E-state index in [-0.39, 0.29) is 17.9 Å². The number of nitrogens with one attached hydrogen (secondary N) is 1. The van der Waals surface area contributed by atoms with E-state index in [0.29, 0.717) is 17.0 Å². The van der Waals surface area contributed by atoms with Crippen molar-refractivity contribution in [2.24, 2.45) is 0 Å². The summed E-state index contributed by atoms with van der Waals surface area (Å²) in [6, 6.07) is 5.54. The van der Waals surface area contributed by atoms with Crippen LogP contribution < -0.4 is 15.0 Å². The Morgan fingerprint density at radius 1 is 1.22 bits per heavy atom. The molecule has 23 heavy (non-hydrogen) atoms. The maximum Gasteiger partial charge on any atom is 0.267 e. The van der Waals surface area contributed by atoms with Crippen molar-refractivity contribution in [1.29, 1.82) is 0 Å². The largest absolute Gasteiger partial charge is 0.479 e. The fourth-order valence-corrected chi connectivity index (χ4v) is 3.35. The molecule has 0 bridgehead atoms. The maximum absolute atomic E-state index is 12.5. The van der Waals surface area contributed by atoms with Crippen molar-refractivity contribution in [2.75, 3.05) is 11.9 Å². The van der Waals surface area contributed by atoms with E-state index in [2.05, 4.69) is 5.32 Å². The predicted molar refractivity (Wildman–Crippen MR) is 88.9 cm³/mol. The lowest BCUT2D eigenvalue weighted by molar-refractivity contribution is -0.125. The van der Waals surface area contributed by atoms with Gasteiger partial charge in [0.25, 0.3) is 11.8 Å². The summed E-state index contributed by atoms with van der Waals surface area (Å²) < 4.78 is 5.59. The van der Waals surface area contributed by atoms with E-state index >= 15 is 0 Å². The fraction of sp³-hybridized carbons (Fsp3) is 0.556. The summed E-state index contributed by atoms with van der Waals surface area (Å²) in [6.45, 7) is 1.73. The molecule has 0 saturated heterocycles. The second kappa shape index (κ2) is 6.60. The zero-order valence-corrected chi connectivity index (χ0v) is 13.8. The van der Waals surface area contributed by atoms with E-state index in [1.54, 1.807) is 37.1 Å². The summed E-state index contributed by atoms with van der Waals surface area (Å²) in [4.78, 5) is 26.1. The Kier molecular flexibility index (Phi) is 4.55. The van der Waals surface area contributed by atoms with Gasteiger partial charge in [0.1, 0.15) is 5.75 Å². The third-order valence-corrected chi connectivity index (χ3v) is 4.75. The molecule has 3 rings (SSSR count). The molecule has 5 heteroatoms. The predicted octanol–water partition coefficient (Wildman–Crippen LogP) is 2.88. The summed E-state index contributed by atoms with van der Waals surface area (Å²) in [5, 5.41) is 3.13. The maximum atomic E-state index is 12.5. The van der Waals surface area contributed by atoms with Crippen LogP contribution in [0.1, 0.15) is 55.8 Å². The molecule has 124 valence electrons. The standard InChI is InChI=1S/C18H24N2O3/c1-12-18(22)20(2)15-11-13(9-10-16(15)23-12)17(21)19-14-7-5-3-4-6-8-14/h9-12,14H,3-8H2,1-2H3,(H,19,21). The van der Waals surface area contributed by atoms with Gasteiger partial charge in [0.2, 0.25) is 0 Å². The van der Waals surface area contributed by atoms with Crippen LogP contribution in [-0.2, 0) is 4.79 Å². The lowest BCUT2D eigenvalue weighted by atomic mass is 10.1. The van der Waals surface area contributed by atoms with E-state index in [1.165, 1.54) is 25.7 Å². The average Bonchev–Trinajstić information content (AvgIpc) is 2.81. The molecule has 1 heterocycles. The highest BCUT2D eigenvalue weighted by Crippen LogP contribution is 2.34. The molecule has 1 N–H and O–H groups in total. The molecular weight excluding hydrogens is 292 g/mol. The first kappa shape index (κ1) is 15.8. The van der Waals surface area contributed by atoms with E-state index in [0.717, 1.165) is 12.8 Å². The van der Waals surface area contributed by atoms with Crippen molar-refractivity contribution in [3.8, 4) is 5.75 Å². The topological polar surface area (TPSA) is 58.6 Å². The highest BCUT2D eigenvalue weighted by molar-refractivity contribution is 6.02. The van der Waals surface area contributed by atoms with Gasteiger partial charge in [-0.2, -0.15) is 0 Å². The molecule has 0 radical (unpaired) electrons. The number of anilines is 1. The quantitative estimate of drug-likeness (QED) is 0.854. The number of carbonyl (C=O) groups excluding carboxylic acids is 2. The van der Waals surface area contributed by atoms with Crippen molar-refractivity contribution in [2.45, 2.75) is 57.6 Å². The van der Waals surface area contributed by atoms with Gasteiger partial charge in [0, 0.05) is 18.7 Å². The lowest BCUT2D eigenvalue weighted by Crippen LogP contribution is -2.42. The number of amides is 2. The number of nitrogens with zero attached hydrogens (tertiary/aromatic N) is 1. The van der Waals surface area contributed by atoms with Crippen molar-refractivity contribution in [3.05, 3.63) is 23.8 Å². The van der Waals surface area contributed by atoms with Gasteiger partial charge in [0.05, 0.1) is 5.69 Å². The van der Waals surface area contributed by atoms with Crippen LogP contribution in [0.2, 0.25) is 0 Å². The minimum atomic E-state index is -0.488. The smallest absolute Gasteiger partial charge is 0.267 e. The highest BCUT2D eigenvalue weighted by Gasteiger charge is 2.29. The normalized spacial score (nSPS) is 22.1. The Balaban J connectivity index is 1.76. The van der Waals surface area contributed by atoms with Crippen LogP contribution in [0.3, 0.4) is 0 Å². The zero-order chi connectivity index (χ0) is 16.4. The van der Waals surface area contributed by atoms with Gasteiger partial charge in [0.15, 0.2) is 6.10 Å². The van der Waals surface area contributed by atoms with Gasteiger partial charge >= 0.3 is 0 Å². The van der Waals surface area contributed by atoms with E-state index in [4.69, 9.17) is 4.74 Å². The molecule has 1 atom stereocenters. The van der Waals surface area contributed by atoms with E-state index in [1.807, 2.05) is 0 Å². The molecule has 5 nitrogen and oxygen atoms in total. The van der Waals surface area contributed by atoms with Crippen LogP contribution in [0, 0.1) is 0 Å². The number of rotatable bonds is 2. The van der Waals surface area contributed by atoms with Crippen molar-refractivity contribution < 1.29 is 14.3 Å². The van der Waals surface area contributed by atoms with Gasteiger partial charge in [-0.1, -0.05) is 25.7 Å². The Morgan fingerprint density at radius 3 is 2.61 bits per heavy atom. The number of benzene rings is 1. The van der Waals surface area contributed by atoms with Gasteiger partial charge < -0.3 is 15.0 Å². The second-order valence-corrected chi connectivity index (χ2v) is 6.50. The molecule has 2 amide bonds. The molecule has 1 aliphatic carbocycles. The summed E-state index contributed by atoms with van der Waals surface area (Å²) in [6.07, 6.45) is 6.49. The first-order chi connectivity index (χ1) is 11.1. The third kappa shape index (κ3) is 3.33. The van der Waals surface area contributed by atoms with Gasteiger partial charge in [-0.15, -0.1) is 0 Å². The molecule has 1 fully saturated rings. The molecule has 0 aromatic heterocycles. The van der Waals surface area contributed by atoms with E-state index < -0.39 is 6.10 Å². The van der Waals surface area contributed by atoms with Crippen molar-refractivity contribution in [3.63, 3.8) is 0 Å². The van der Waals surface area contributed by atoms with Crippen molar-refractivity contribution >= 4 is 17.5 Å². The number of likely N-dealkylation sites (N-methyl/N-ethyl adjacent to an activating group) is 1. The van der Waals surface area contributed by atoms with Gasteiger partial charge in [-0.3, -0.25) is 9.59 Å². The monoisotopic (exact) mass is 316 g/mol. The van der Waals surface area contributed by atoms with Crippen LogP contribution in [0.15, 0.2) is 18.2 Å². The molecule has 1 unspecified atom stereocenters. The summed E-state index contributed by atoms with van der Waals surface area (Å²) in [5.74, 6) is 0.476. The Labute approximate surface area is 137 Å². The van der Waals surface area contributed by atoms with Crippen LogP contribution in [0.25, 0.3) is 0 Å². The van der Waals surface area contributed by atoms with E-state index in [9.17, 15) is 9.59 Å². The summed E-state index contributed by atoms with van der Waals surface area (Å²) in [7, 11) is 1.72. The highest BCUT2D eigenvalue weighted by atomic mass is 16.5. The summed E-state index contributed by atoms with van der Waals surface area (Å²) in [5.41, 5.74) is 1.23. The molecule has 1 aromatic rings. The van der Waals surface area contributed by atoms with Gasteiger partial charge in [-0.25, -0.2) is 0 Å². The Hall–Kier alpha value is -2.04. The minimum absolute atomic E-state index is 0.0702. The molecule has 0 spiro atoms. The SMILES string of the molecule is CC1Oc2ccc(C(=O)NC3CCCCCC3)cc2N(C)C1=O. The second-order valence-electron chi connectivity index (χ2n) is 6.50. The molecule has 1 saturated carbocycles. The zero-order valence-electron chi connectivity index (χ0n) is 13.8. The first-order valence-electron chi connectivity index (χ1n) is 8.45. The van der Waals surface area contributed by atoms with Crippen LogP contribution in [-0.4, -0.2) is 31.0 Å². The lowest BCUT2D eigenvalue weighted by Gasteiger charge is -2.30. The molecule has 1 aromatic carbocycles. The molecular formula is C18H24N2O3. The molecule has 2 aliphatic rings. The summed E-state index contributed by atoms with van der Waals surface area (Å²) >= 11 is 0. The van der Waals surface area contributed by atoms with Crippen LogP contribution >= 0.6 is 0 Å². The third-order valence-electron chi connectivity index (χ3n) is 4.75. The van der Waals surface area contributed by atoms with Crippen molar-refractivity contribution in [1.82, 2.24) is 5.32 Å². The Bertz CT molecular complexity index is 606. The first-order valence-corrected chi connectivity index (χ1v) is 8.45.